The minimum Gasteiger partial charge on any atom is -0.465 e. The Balaban J connectivity index is 2.52. The monoisotopic (exact) mass is 312 g/mol. The molecule has 23 heavy (non-hydrogen) atoms. The highest BCUT2D eigenvalue weighted by molar-refractivity contribution is 6.31. The molecule has 116 valence electrons. The molecule has 0 bridgehead atoms. The van der Waals surface area contributed by atoms with Gasteiger partial charge in [0.25, 0.3) is 0 Å². The molecule has 0 heterocycles. The van der Waals surface area contributed by atoms with Crippen molar-refractivity contribution in [2.45, 2.75) is 6.42 Å². The molecule has 0 spiro atoms. The molecule has 0 saturated heterocycles. The van der Waals surface area contributed by atoms with Crippen molar-refractivity contribution in [3.63, 3.8) is 0 Å². The zero-order valence-corrected chi connectivity index (χ0v) is 12.5. The zero-order valence-electron chi connectivity index (χ0n) is 12.5. The minimum absolute atomic E-state index is 0.107. The van der Waals surface area contributed by atoms with Crippen LogP contribution in [-0.4, -0.2) is 37.7 Å². The third-order valence-electron chi connectivity index (χ3n) is 3.89. The van der Waals surface area contributed by atoms with E-state index in [1.165, 1.54) is 38.5 Å². The van der Waals surface area contributed by atoms with E-state index in [1.54, 1.807) is 0 Å². The standard InChI is InChI=1S/C17H12O6/c1-22-16(20)10-5-3-8-12(18)7-13(19)9-4-6-11(17(21)23-2)15(10)14(8)9/h3-6H,7H2,1-2H3. The topological polar surface area (TPSA) is 86.7 Å². The van der Waals surface area contributed by atoms with E-state index in [4.69, 9.17) is 9.47 Å². The lowest BCUT2D eigenvalue weighted by Crippen LogP contribution is -2.19. The summed E-state index contributed by atoms with van der Waals surface area (Å²) in [5, 5.41) is 0.511. The molecule has 0 aliphatic heterocycles. The Morgan fingerprint density at radius 2 is 1.22 bits per heavy atom. The van der Waals surface area contributed by atoms with E-state index in [2.05, 4.69) is 0 Å². The van der Waals surface area contributed by atoms with Gasteiger partial charge >= 0.3 is 11.9 Å². The number of Topliss-reactive ketones (excluding diaryl/α,β-unsaturated/α-hetero) is 2. The highest BCUT2D eigenvalue weighted by Gasteiger charge is 2.30. The lowest BCUT2D eigenvalue weighted by atomic mass is 9.83. The van der Waals surface area contributed by atoms with Gasteiger partial charge in [0.1, 0.15) is 0 Å². The summed E-state index contributed by atoms with van der Waals surface area (Å²) in [6.07, 6.45) is -0.225. The molecule has 1 aliphatic rings. The van der Waals surface area contributed by atoms with Crippen molar-refractivity contribution in [1.82, 2.24) is 0 Å². The van der Waals surface area contributed by atoms with Gasteiger partial charge in [0, 0.05) is 21.9 Å². The lowest BCUT2D eigenvalue weighted by molar-refractivity contribution is 0.0601. The summed E-state index contributed by atoms with van der Waals surface area (Å²) >= 11 is 0. The molecule has 0 saturated carbocycles. The Hall–Kier alpha value is -3.02. The Labute approximate surface area is 131 Å². The van der Waals surface area contributed by atoms with Crippen LogP contribution in [0.25, 0.3) is 10.8 Å². The minimum atomic E-state index is -0.663. The fourth-order valence-electron chi connectivity index (χ4n) is 2.86. The number of ketones is 2. The fraction of sp³-hybridized carbons (Fsp3) is 0.176. The largest absolute Gasteiger partial charge is 0.465 e. The Kier molecular flexibility index (Phi) is 3.44. The summed E-state index contributed by atoms with van der Waals surface area (Å²) in [6, 6.07) is 5.81. The van der Waals surface area contributed by atoms with Crippen molar-refractivity contribution in [2.75, 3.05) is 14.2 Å². The quantitative estimate of drug-likeness (QED) is 0.624. The van der Waals surface area contributed by atoms with E-state index in [1.807, 2.05) is 0 Å². The molecule has 0 radical (unpaired) electrons. The number of esters is 2. The maximum absolute atomic E-state index is 12.1. The van der Waals surface area contributed by atoms with E-state index in [-0.39, 0.29) is 34.5 Å². The van der Waals surface area contributed by atoms with E-state index < -0.39 is 11.9 Å². The van der Waals surface area contributed by atoms with Crippen LogP contribution in [0.3, 0.4) is 0 Å². The van der Waals surface area contributed by atoms with Crippen LogP contribution < -0.4 is 0 Å². The summed E-state index contributed by atoms with van der Waals surface area (Å²) in [5.74, 6) is -2.01. The predicted molar refractivity (Wildman–Crippen MR) is 79.9 cm³/mol. The molecular weight excluding hydrogens is 300 g/mol. The van der Waals surface area contributed by atoms with Gasteiger partial charge < -0.3 is 9.47 Å². The second-order valence-electron chi connectivity index (χ2n) is 5.08. The summed E-state index contributed by atoms with van der Waals surface area (Å²) in [4.78, 5) is 48.3. The molecule has 6 heteroatoms. The first-order valence-corrected chi connectivity index (χ1v) is 6.82. The molecule has 0 atom stereocenters. The summed E-state index contributed by atoms with van der Waals surface area (Å²) in [5.41, 5.74) is 0.841. The van der Waals surface area contributed by atoms with Crippen LogP contribution in [0.5, 0.6) is 0 Å². The van der Waals surface area contributed by atoms with E-state index in [0.717, 1.165) is 0 Å². The van der Waals surface area contributed by atoms with Gasteiger partial charge in [-0.2, -0.15) is 0 Å². The van der Waals surface area contributed by atoms with E-state index in [0.29, 0.717) is 16.5 Å². The molecule has 1 aliphatic carbocycles. The molecule has 0 N–H and O–H groups in total. The first-order chi connectivity index (χ1) is 11.0. The Morgan fingerprint density at radius 1 is 0.783 bits per heavy atom. The number of hydrogen-bond acceptors (Lipinski definition) is 6. The summed E-state index contributed by atoms with van der Waals surface area (Å²) in [7, 11) is 2.43. The molecule has 3 rings (SSSR count). The average Bonchev–Trinajstić information content (AvgIpc) is 2.57. The van der Waals surface area contributed by atoms with Crippen molar-refractivity contribution in [3.05, 3.63) is 46.5 Å². The van der Waals surface area contributed by atoms with Crippen LogP contribution in [0.15, 0.2) is 24.3 Å². The predicted octanol–water partition coefficient (Wildman–Crippen LogP) is 2.18. The number of ether oxygens (including phenoxy) is 2. The maximum atomic E-state index is 12.1. The second-order valence-corrected chi connectivity index (χ2v) is 5.08. The third-order valence-corrected chi connectivity index (χ3v) is 3.89. The third kappa shape index (κ3) is 2.11. The van der Waals surface area contributed by atoms with E-state index in [9.17, 15) is 19.2 Å². The summed E-state index contributed by atoms with van der Waals surface area (Å²) < 4.78 is 9.47. The highest BCUT2D eigenvalue weighted by atomic mass is 16.5. The molecule has 2 aromatic rings. The molecule has 0 amide bonds. The van der Waals surface area contributed by atoms with Crippen LogP contribution in [0.4, 0.5) is 0 Å². The Morgan fingerprint density at radius 3 is 1.61 bits per heavy atom. The smallest absolute Gasteiger partial charge is 0.338 e. The Bertz CT molecular complexity index is 825. The molecule has 0 aromatic heterocycles. The number of benzene rings is 2. The SMILES string of the molecule is COC(=O)c1ccc2c3c(ccc(C(=O)OC)c13)C(=O)CC2=O. The van der Waals surface area contributed by atoms with Crippen molar-refractivity contribution in [3.8, 4) is 0 Å². The van der Waals surface area contributed by atoms with E-state index >= 15 is 0 Å². The average molecular weight is 312 g/mol. The molecular formula is C17H12O6. The molecule has 2 aromatic carbocycles. The number of rotatable bonds is 2. The van der Waals surface area contributed by atoms with Crippen molar-refractivity contribution >= 4 is 34.3 Å². The second kappa shape index (κ2) is 5.31. The highest BCUT2D eigenvalue weighted by Crippen LogP contribution is 2.34. The normalized spacial score (nSPS) is 13.1. The van der Waals surface area contributed by atoms with Crippen LogP contribution in [0, 0.1) is 0 Å². The van der Waals surface area contributed by atoms with Gasteiger partial charge in [-0.05, 0) is 24.3 Å². The van der Waals surface area contributed by atoms with Gasteiger partial charge in [-0.3, -0.25) is 9.59 Å². The zero-order chi connectivity index (χ0) is 16.7. The van der Waals surface area contributed by atoms with Crippen molar-refractivity contribution in [1.29, 1.82) is 0 Å². The van der Waals surface area contributed by atoms with Crippen LogP contribution in [0.2, 0.25) is 0 Å². The van der Waals surface area contributed by atoms with Gasteiger partial charge in [0.2, 0.25) is 0 Å². The summed E-state index contributed by atoms with van der Waals surface area (Å²) in [6.45, 7) is 0. The van der Waals surface area contributed by atoms with Gasteiger partial charge in [0.05, 0.1) is 31.8 Å². The van der Waals surface area contributed by atoms with Gasteiger partial charge in [0.15, 0.2) is 11.6 Å². The molecule has 6 nitrogen and oxygen atoms in total. The fourth-order valence-corrected chi connectivity index (χ4v) is 2.86. The first-order valence-electron chi connectivity index (χ1n) is 6.82. The van der Waals surface area contributed by atoms with Crippen molar-refractivity contribution in [2.24, 2.45) is 0 Å². The van der Waals surface area contributed by atoms with Gasteiger partial charge in [-0.25, -0.2) is 9.59 Å². The first kappa shape index (κ1) is 14.9. The number of hydrogen-bond donors (Lipinski definition) is 0. The lowest BCUT2D eigenvalue weighted by Gasteiger charge is -2.18. The number of methoxy groups -OCH3 is 2. The van der Waals surface area contributed by atoms with Crippen LogP contribution in [0.1, 0.15) is 47.9 Å². The van der Waals surface area contributed by atoms with Crippen molar-refractivity contribution < 1.29 is 28.7 Å². The van der Waals surface area contributed by atoms with Gasteiger partial charge in [-0.15, -0.1) is 0 Å². The number of carbonyl (C=O) groups is 4. The number of carbonyl (C=O) groups excluding carboxylic acids is 4. The maximum Gasteiger partial charge on any atom is 0.338 e. The van der Waals surface area contributed by atoms with Crippen LogP contribution >= 0.6 is 0 Å². The van der Waals surface area contributed by atoms with Crippen LogP contribution in [-0.2, 0) is 9.47 Å². The molecule has 0 fully saturated rings. The molecule has 0 unspecified atom stereocenters. The van der Waals surface area contributed by atoms with Gasteiger partial charge in [-0.1, -0.05) is 0 Å².